The number of H-pyrrole nitrogens is 1. The fourth-order valence-corrected chi connectivity index (χ4v) is 3.03. The fourth-order valence-electron chi connectivity index (χ4n) is 2.77. The average molecular weight is 368 g/mol. The van der Waals surface area contributed by atoms with Gasteiger partial charge in [-0.3, -0.25) is 9.67 Å². The molecular weight excluding hydrogens is 348 g/mol. The molecule has 6 nitrogen and oxygen atoms in total. The largest absolute Gasteiger partial charge is 0.485 e. The van der Waals surface area contributed by atoms with E-state index >= 15 is 0 Å². The Kier molecular flexibility index (Phi) is 5.27. The highest BCUT2D eigenvalue weighted by atomic mass is 32.1. The molecule has 0 fully saturated rings. The lowest BCUT2D eigenvalue weighted by Crippen LogP contribution is -2.07. The number of benzene rings is 2. The highest BCUT2D eigenvalue weighted by Crippen LogP contribution is 2.33. The molecule has 2 aromatic carbocycles. The summed E-state index contributed by atoms with van der Waals surface area (Å²) in [7, 11) is 0. The predicted octanol–water partition coefficient (Wildman–Crippen LogP) is 5.34. The van der Waals surface area contributed by atoms with Gasteiger partial charge in [-0.1, -0.05) is 32.0 Å². The summed E-state index contributed by atoms with van der Waals surface area (Å²) in [4.78, 5) is 11.0. The number of hydrogen-bond donors (Lipinski definition) is 1. The third kappa shape index (κ3) is 3.57. The van der Waals surface area contributed by atoms with Crippen LogP contribution in [0, 0.1) is 16.6 Å². The summed E-state index contributed by atoms with van der Waals surface area (Å²) in [6.07, 6.45) is 0. The molecule has 1 N–H and O–H groups in total. The van der Waals surface area contributed by atoms with Gasteiger partial charge in [-0.2, -0.15) is 5.10 Å². The lowest BCUT2D eigenvalue weighted by atomic mass is 9.99. The average Bonchev–Trinajstić information content (AvgIpc) is 3.01. The normalized spacial score (nSPS) is 10.9. The van der Waals surface area contributed by atoms with E-state index in [1.807, 2.05) is 61.7 Å². The first-order valence-electron chi connectivity index (χ1n) is 8.33. The second kappa shape index (κ2) is 7.61. The zero-order chi connectivity index (χ0) is 18.7. The van der Waals surface area contributed by atoms with Crippen LogP contribution in [0.1, 0.15) is 36.7 Å². The fraction of sp³-hybridized carbons (Fsp3) is 0.263. The van der Waals surface area contributed by atoms with E-state index in [-0.39, 0.29) is 12.5 Å². The lowest BCUT2D eigenvalue weighted by molar-refractivity contribution is 0.289. The summed E-state index contributed by atoms with van der Waals surface area (Å²) in [5, 5.41) is 10.2. The molecule has 0 aliphatic heterocycles. The Morgan fingerprint density at radius 2 is 2.00 bits per heavy atom. The minimum atomic E-state index is 0.195. The second-order valence-electron chi connectivity index (χ2n) is 6.33. The molecule has 0 aliphatic carbocycles. The van der Waals surface area contributed by atoms with Crippen LogP contribution in [0.3, 0.4) is 0 Å². The number of aromatic nitrogens is 3. The second-order valence-corrected chi connectivity index (χ2v) is 6.71. The quantitative estimate of drug-likeness (QED) is 0.471. The number of hydrogen-bond acceptors (Lipinski definition) is 5. The summed E-state index contributed by atoms with van der Waals surface area (Å²) < 4.78 is 8.40. The molecule has 3 aromatic rings. The van der Waals surface area contributed by atoms with Crippen LogP contribution < -0.4 is 4.74 Å². The number of ether oxygens (including phenoxy) is 1. The molecule has 0 spiro atoms. The Bertz CT molecular complexity index is 977. The molecule has 0 radical (unpaired) electrons. The van der Waals surface area contributed by atoms with Crippen LogP contribution in [0.5, 0.6) is 5.75 Å². The van der Waals surface area contributed by atoms with Gasteiger partial charge in [0, 0.05) is 5.69 Å². The Hall–Kier alpha value is -2.80. The minimum Gasteiger partial charge on any atom is -0.485 e. The van der Waals surface area contributed by atoms with E-state index in [4.69, 9.17) is 17.0 Å². The van der Waals surface area contributed by atoms with Crippen LogP contribution in [0.4, 0.5) is 5.69 Å². The molecule has 0 saturated heterocycles. The van der Waals surface area contributed by atoms with E-state index < -0.39 is 0 Å². The molecule has 0 aliphatic rings. The number of para-hydroxylation sites is 1. The highest BCUT2D eigenvalue weighted by molar-refractivity contribution is 7.71. The van der Waals surface area contributed by atoms with Crippen molar-refractivity contribution in [3.05, 3.63) is 69.1 Å². The first-order valence-corrected chi connectivity index (χ1v) is 8.74. The van der Waals surface area contributed by atoms with E-state index in [9.17, 15) is 4.91 Å². The first kappa shape index (κ1) is 18.0. The maximum Gasteiger partial charge on any atom is 0.199 e. The van der Waals surface area contributed by atoms with Crippen LogP contribution in [0.2, 0.25) is 0 Å². The van der Waals surface area contributed by atoms with Gasteiger partial charge < -0.3 is 4.74 Å². The molecule has 0 saturated carbocycles. The molecule has 0 unspecified atom stereocenters. The lowest BCUT2D eigenvalue weighted by Gasteiger charge is -2.16. The van der Waals surface area contributed by atoms with E-state index in [1.165, 1.54) is 0 Å². The topological polar surface area (TPSA) is 72.3 Å². The van der Waals surface area contributed by atoms with E-state index in [2.05, 4.69) is 15.4 Å². The molecule has 1 heterocycles. The van der Waals surface area contributed by atoms with Crippen molar-refractivity contribution >= 4 is 17.9 Å². The van der Waals surface area contributed by atoms with Gasteiger partial charge in [0.25, 0.3) is 0 Å². The molecule has 0 bridgehead atoms. The van der Waals surface area contributed by atoms with Gasteiger partial charge in [0.2, 0.25) is 0 Å². The number of nitrogens with one attached hydrogen (secondary N) is 1. The summed E-state index contributed by atoms with van der Waals surface area (Å²) in [6.45, 7) is 6.18. The van der Waals surface area contributed by atoms with Crippen molar-refractivity contribution in [2.75, 3.05) is 0 Å². The van der Waals surface area contributed by atoms with Gasteiger partial charge in [0.05, 0.1) is 0 Å². The van der Waals surface area contributed by atoms with Crippen LogP contribution in [0.25, 0.3) is 5.69 Å². The molecule has 0 amide bonds. The summed E-state index contributed by atoms with van der Waals surface area (Å²) >= 11 is 5.35. The third-order valence-corrected chi connectivity index (χ3v) is 4.44. The maximum atomic E-state index is 11.0. The van der Waals surface area contributed by atoms with Crippen molar-refractivity contribution in [2.24, 2.45) is 5.18 Å². The van der Waals surface area contributed by atoms with Crippen LogP contribution in [-0.2, 0) is 6.61 Å². The van der Waals surface area contributed by atoms with Crippen LogP contribution >= 0.6 is 12.2 Å². The summed E-state index contributed by atoms with van der Waals surface area (Å²) in [5.74, 6) is 1.59. The van der Waals surface area contributed by atoms with Crippen molar-refractivity contribution in [3.8, 4) is 11.4 Å². The summed E-state index contributed by atoms with van der Waals surface area (Å²) in [6, 6.07) is 13.4. The van der Waals surface area contributed by atoms with Crippen molar-refractivity contribution < 1.29 is 4.74 Å². The molecule has 26 heavy (non-hydrogen) atoms. The number of aromatic amines is 1. The molecule has 7 heteroatoms. The molecular formula is C19H20N4O2S. The zero-order valence-corrected chi connectivity index (χ0v) is 15.7. The Balaban J connectivity index is 1.93. The van der Waals surface area contributed by atoms with Crippen molar-refractivity contribution in [2.45, 2.75) is 33.3 Å². The van der Waals surface area contributed by atoms with Gasteiger partial charge in [0.1, 0.15) is 18.0 Å². The molecule has 1 aromatic heterocycles. The SMILES string of the molecule is Cc1cc(OCc2n[nH]c(=S)n2-c2ccccc2)c(C(C)C)cc1N=O. The Morgan fingerprint density at radius 3 is 2.65 bits per heavy atom. The van der Waals surface area contributed by atoms with Gasteiger partial charge in [-0.15, -0.1) is 4.91 Å². The third-order valence-electron chi connectivity index (χ3n) is 4.16. The van der Waals surface area contributed by atoms with E-state index in [0.717, 1.165) is 22.6 Å². The van der Waals surface area contributed by atoms with Crippen LogP contribution in [-0.4, -0.2) is 14.8 Å². The van der Waals surface area contributed by atoms with Gasteiger partial charge in [-0.05, 0) is 65.6 Å². The maximum absolute atomic E-state index is 11.0. The van der Waals surface area contributed by atoms with E-state index in [1.54, 1.807) is 6.07 Å². The highest BCUT2D eigenvalue weighted by Gasteiger charge is 2.15. The smallest absolute Gasteiger partial charge is 0.199 e. The van der Waals surface area contributed by atoms with Crippen LogP contribution in [0.15, 0.2) is 47.6 Å². The van der Waals surface area contributed by atoms with Crippen molar-refractivity contribution in [1.29, 1.82) is 0 Å². The van der Waals surface area contributed by atoms with Crippen molar-refractivity contribution in [1.82, 2.24) is 14.8 Å². The Labute approximate surface area is 156 Å². The first-order chi connectivity index (χ1) is 12.5. The number of nitroso groups, excluding NO2 is 1. The van der Waals surface area contributed by atoms with Crippen molar-refractivity contribution in [3.63, 3.8) is 0 Å². The monoisotopic (exact) mass is 368 g/mol. The van der Waals surface area contributed by atoms with Gasteiger partial charge >= 0.3 is 0 Å². The molecule has 134 valence electrons. The van der Waals surface area contributed by atoms with Gasteiger partial charge in [-0.25, -0.2) is 0 Å². The number of rotatable bonds is 6. The van der Waals surface area contributed by atoms with E-state index in [0.29, 0.717) is 16.3 Å². The Morgan fingerprint density at radius 1 is 1.27 bits per heavy atom. The molecule has 0 atom stereocenters. The number of nitrogens with zero attached hydrogens (tertiary/aromatic N) is 3. The summed E-state index contributed by atoms with van der Waals surface area (Å²) in [5.41, 5.74) is 3.07. The zero-order valence-electron chi connectivity index (χ0n) is 14.9. The minimum absolute atomic E-state index is 0.195. The number of aryl methyl sites for hydroxylation is 1. The predicted molar refractivity (Wildman–Crippen MR) is 104 cm³/mol. The van der Waals surface area contributed by atoms with Gasteiger partial charge in [0.15, 0.2) is 10.6 Å². The molecule has 3 rings (SSSR count). The standard InChI is InChI=1S/C19H20N4O2S/c1-12(2)15-10-16(22-24)13(3)9-17(15)25-11-18-20-21-19(26)23(18)14-7-5-4-6-8-14/h4-10,12H,11H2,1-3H3,(H,21,26).